The smallest absolute Gasteiger partial charge is 0.0721 e. The predicted octanol–water partition coefficient (Wildman–Crippen LogP) is 3.54. The Morgan fingerprint density at radius 1 is 1.20 bits per heavy atom. The fourth-order valence-corrected chi connectivity index (χ4v) is 3.96. The molecule has 20 heavy (non-hydrogen) atoms. The van der Waals surface area contributed by atoms with E-state index in [4.69, 9.17) is 0 Å². The highest BCUT2D eigenvalue weighted by molar-refractivity contribution is 5.28. The van der Waals surface area contributed by atoms with Gasteiger partial charge in [0.05, 0.1) is 12.2 Å². The van der Waals surface area contributed by atoms with Crippen molar-refractivity contribution in [3.8, 4) is 0 Å². The first-order valence-corrected chi connectivity index (χ1v) is 7.86. The maximum absolute atomic E-state index is 11.3. The van der Waals surface area contributed by atoms with Crippen molar-refractivity contribution >= 4 is 0 Å². The van der Waals surface area contributed by atoms with E-state index in [2.05, 4.69) is 20.8 Å². The largest absolute Gasteiger partial charge is 0.392 e. The third kappa shape index (κ3) is 3.24. The van der Waals surface area contributed by atoms with E-state index in [0.717, 1.165) is 24.0 Å². The molecular formula is C18H28O2. The Morgan fingerprint density at radius 2 is 1.85 bits per heavy atom. The second-order valence-electron chi connectivity index (χ2n) is 6.94. The van der Waals surface area contributed by atoms with Gasteiger partial charge in [0.25, 0.3) is 0 Å². The van der Waals surface area contributed by atoms with Crippen LogP contribution in [0.15, 0.2) is 24.3 Å². The van der Waals surface area contributed by atoms with Crippen LogP contribution < -0.4 is 0 Å². The van der Waals surface area contributed by atoms with E-state index in [-0.39, 0.29) is 6.61 Å². The molecule has 1 saturated carbocycles. The van der Waals surface area contributed by atoms with Crippen molar-refractivity contribution in [2.24, 2.45) is 17.8 Å². The number of rotatable bonds is 4. The van der Waals surface area contributed by atoms with Gasteiger partial charge in [-0.15, -0.1) is 0 Å². The van der Waals surface area contributed by atoms with E-state index in [1.165, 1.54) is 6.42 Å². The molecule has 0 saturated heterocycles. The van der Waals surface area contributed by atoms with Gasteiger partial charge in [-0.05, 0) is 41.7 Å². The zero-order valence-electron chi connectivity index (χ0n) is 13.0. The molecule has 0 radical (unpaired) electrons. The Balaban J connectivity index is 2.26. The van der Waals surface area contributed by atoms with Gasteiger partial charge in [0, 0.05) is 6.42 Å². The molecule has 3 atom stereocenters. The predicted molar refractivity (Wildman–Crippen MR) is 82.4 cm³/mol. The highest BCUT2D eigenvalue weighted by Gasteiger charge is 2.42. The van der Waals surface area contributed by atoms with E-state index in [1.807, 2.05) is 24.3 Å². The first-order chi connectivity index (χ1) is 9.46. The van der Waals surface area contributed by atoms with Crippen LogP contribution >= 0.6 is 0 Å². The molecule has 0 spiro atoms. The van der Waals surface area contributed by atoms with E-state index in [9.17, 15) is 10.2 Å². The summed E-state index contributed by atoms with van der Waals surface area (Å²) >= 11 is 0. The normalized spacial score (nSPS) is 30.7. The molecule has 0 aliphatic heterocycles. The van der Waals surface area contributed by atoms with Crippen molar-refractivity contribution in [3.63, 3.8) is 0 Å². The summed E-state index contributed by atoms with van der Waals surface area (Å²) in [6.07, 6.45) is 3.86. The summed E-state index contributed by atoms with van der Waals surface area (Å²) in [6, 6.07) is 7.94. The second kappa shape index (κ2) is 6.28. The fourth-order valence-electron chi connectivity index (χ4n) is 3.96. The molecule has 2 heteroatoms. The molecule has 0 amide bonds. The van der Waals surface area contributed by atoms with Crippen LogP contribution in [0, 0.1) is 17.8 Å². The van der Waals surface area contributed by atoms with E-state index in [0.29, 0.717) is 24.2 Å². The molecule has 2 nitrogen and oxygen atoms in total. The summed E-state index contributed by atoms with van der Waals surface area (Å²) in [6.45, 7) is 6.71. The highest BCUT2D eigenvalue weighted by atomic mass is 16.3. The maximum Gasteiger partial charge on any atom is 0.0721 e. The van der Waals surface area contributed by atoms with Crippen LogP contribution in [0.1, 0.15) is 51.2 Å². The third-order valence-electron chi connectivity index (χ3n) is 4.95. The van der Waals surface area contributed by atoms with Crippen LogP contribution in [0.5, 0.6) is 0 Å². The van der Waals surface area contributed by atoms with Gasteiger partial charge >= 0.3 is 0 Å². The SMILES string of the molecule is CC(C)[C@@H]1CC[C@@H](C)C[C@@]1(O)Cc1ccccc1CO. The Labute approximate surface area is 122 Å². The summed E-state index contributed by atoms with van der Waals surface area (Å²) in [4.78, 5) is 0. The van der Waals surface area contributed by atoms with Crippen LogP contribution in [-0.2, 0) is 13.0 Å². The van der Waals surface area contributed by atoms with Gasteiger partial charge in [0.2, 0.25) is 0 Å². The van der Waals surface area contributed by atoms with Gasteiger partial charge in [0.15, 0.2) is 0 Å². The lowest BCUT2D eigenvalue weighted by molar-refractivity contribution is -0.0797. The molecule has 1 aromatic rings. The summed E-state index contributed by atoms with van der Waals surface area (Å²) in [5.74, 6) is 1.43. The lowest BCUT2D eigenvalue weighted by atomic mass is 9.65. The number of benzene rings is 1. The standard InChI is InChI=1S/C18H28O2/c1-13(2)17-9-8-14(3)10-18(17,20)11-15-6-4-5-7-16(15)12-19/h4-7,13-14,17,19-20H,8-12H2,1-3H3/t14-,17+,18-/m1/s1. The number of hydrogen-bond acceptors (Lipinski definition) is 2. The highest BCUT2D eigenvalue weighted by Crippen LogP contribution is 2.43. The zero-order valence-corrected chi connectivity index (χ0v) is 13.0. The van der Waals surface area contributed by atoms with Crippen LogP contribution in [0.4, 0.5) is 0 Å². The van der Waals surface area contributed by atoms with Crippen molar-refractivity contribution in [2.45, 2.75) is 58.7 Å². The summed E-state index contributed by atoms with van der Waals surface area (Å²) in [5.41, 5.74) is 1.41. The third-order valence-corrected chi connectivity index (χ3v) is 4.95. The van der Waals surface area contributed by atoms with Crippen LogP contribution in [0.25, 0.3) is 0 Å². The number of aliphatic hydroxyl groups excluding tert-OH is 1. The van der Waals surface area contributed by atoms with E-state index in [1.54, 1.807) is 0 Å². The monoisotopic (exact) mass is 276 g/mol. The van der Waals surface area contributed by atoms with Gasteiger partial charge in [-0.2, -0.15) is 0 Å². The first-order valence-electron chi connectivity index (χ1n) is 7.86. The maximum atomic E-state index is 11.3. The minimum Gasteiger partial charge on any atom is -0.392 e. The molecule has 0 aromatic heterocycles. The zero-order chi connectivity index (χ0) is 14.8. The van der Waals surface area contributed by atoms with Gasteiger partial charge in [0.1, 0.15) is 0 Å². The summed E-state index contributed by atoms with van der Waals surface area (Å²) in [7, 11) is 0. The summed E-state index contributed by atoms with van der Waals surface area (Å²) in [5, 5.41) is 20.7. The second-order valence-corrected chi connectivity index (χ2v) is 6.94. The molecule has 1 aliphatic carbocycles. The van der Waals surface area contributed by atoms with Gasteiger partial charge in [-0.3, -0.25) is 0 Å². The fraction of sp³-hybridized carbons (Fsp3) is 0.667. The molecule has 0 bridgehead atoms. The molecular weight excluding hydrogens is 248 g/mol. The molecule has 1 fully saturated rings. The molecule has 112 valence electrons. The minimum atomic E-state index is -0.628. The van der Waals surface area contributed by atoms with Crippen molar-refractivity contribution in [1.29, 1.82) is 0 Å². The molecule has 0 unspecified atom stereocenters. The Hall–Kier alpha value is -0.860. The van der Waals surface area contributed by atoms with Crippen LogP contribution in [-0.4, -0.2) is 15.8 Å². The van der Waals surface area contributed by atoms with Gasteiger partial charge in [-0.25, -0.2) is 0 Å². The average molecular weight is 276 g/mol. The summed E-state index contributed by atoms with van der Waals surface area (Å²) < 4.78 is 0. The first kappa shape index (κ1) is 15.5. The minimum absolute atomic E-state index is 0.0498. The van der Waals surface area contributed by atoms with Gasteiger partial charge in [-0.1, -0.05) is 51.5 Å². The molecule has 2 N–H and O–H groups in total. The molecule has 1 aliphatic rings. The molecule has 1 aromatic carbocycles. The Morgan fingerprint density at radius 3 is 2.45 bits per heavy atom. The topological polar surface area (TPSA) is 40.5 Å². The van der Waals surface area contributed by atoms with Crippen molar-refractivity contribution in [2.75, 3.05) is 0 Å². The Bertz CT molecular complexity index is 441. The van der Waals surface area contributed by atoms with Crippen LogP contribution in [0.2, 0.25) is 0 Å². The quantitative estimate of drug-likeness (QED) is 0.883. The van der Waals surface area contributed by atoms with Crippen molar-refractivity contribution in [3.05, 3.63) is 35.4 Å². The Kier molecular flexibility index (Phi) is 4.87. The van der Waals surface area contributed by atoms with E-state index < -0.39 is 5.60 Å². The number of aliphatic hydroxyl groups is 2. The van der Waals surface area contributed by atoms with Crippen LogP contribution in [0.3, 0.4) is 0 Å². The number of hydrogen-bond donors (Lipinski definition) is 2. The lowest BCUT2D eigenvalue weighted by Crippen LogP contribution is -2.47. The lowest BCUT2D eigenvalue weighted by Gasteiger charge is -2.45. The van der Waals surface area contributed by atoms with Crippen molar-refractivity contribution in [1.82, 2.24) is 0 Å². The van der Waals surface area contributed by atoms with Crippen molar-refractivity contribution < 1.29 is 10.2 Å². The molecule has 2 rings (SSSR count). The average Bonchev–Trinajstić information content (AvgIpc) is 2.38. The van der Waals surface area contributed by atoms with Gasteiger partial charge < -0.3 is 10.2 Å². The van der Waals surface area contributed by atoms with E-state index >= 15 is 0 Å². The molecule has 0 heterocycles.